The lowest BCUT2D eigenvalue weighted by atomic mass is 10.1. The Labute approximate surface area is 115 Å². The fourth-order valence-electron chi connectivity index (χ4n) is 2.18. The van der Waals surface area contributed by atoms with Crippen LogP contribution in [0.15, 0.2) is 36.7 Å². The van der Waals surface area contributed by atoms with Crippen molar-refractivity contribution in [2.75, 3.05) is 7.05 Å². The minimum absolute atomic E-state index is 0.258. The van der Waals surface area contributed by atoms with Crippen molar-refractivity contribution in [3.8, 4) is 0 Å². The van der Waals surface area contributed by atoms with E-state index in [1.165, 1.54) is 6.07 Å². The summed E-state index contributed by atoms with van der Waals surface area (Å²) < 4.78 is 15.5. The van der Waals surface area contributed by atoms with Crippen molar-refractivity contribution in [3.63, 3.8) is 0 Å². The second-order valence-electron chi connectivity index (χ2n) is 4.54. The van der Waals surface area contributed by atoms with E-state index in [0.717, 1.165) is 11.3 Å². The van der Waals surface area contributed by atoms with Crippen LogP contribution in [0.25, 0.3) is 10.9 Å². The molecule has 20 heavy (non-hydrogen) atoms. The highest BCUT2D eigenvalue weighted by atomic mass is 19.1. The first-order chi connectivity index (χ1) is 9.78. The van der Waals surface area contributed by atoms with Crippen LogP contribution in [0, 0.1) is 5.82 Å². The predicted molar refractivity (Wildman–Crippen MR) is 73.6 cm³/mol. The maximum Gasteiger partial charge on any atom is 0.132 e. The molecule has 1 N–H and O–H groups in total. The molecule has 0 saturated carbocycles. The van der Waals surface area contributed by atoms with Gasteiger partial charge in [0.15, 0.2) is 0 Å². The molecule has 5 nitrogen and oxygen atoms in total. The average Bonchev–Trinajstić information content (AvgIpc) is 2.90. The van der Waals surface area contributed by atoms with Crippen LogP contribution in [0.2, 0.25) is 0 Å². The van der Waals surface area contributed by atoms with E-state index >= 15 is 0 Å². The van der Waals surface area contributed by atoms with Gasteiger partial charge in [-0.25, -0.2) is 9.07 Å². The molecule has 0 amide bonds. The first-order valence-corrected chi connectivity index (χ1v) is 6.33. The molecule has 0 atom stereocenters. The molecule has 0 unspecified atom stereocenters. The van der Waals surface area contributed by atoms with E-state index in [4.69, 9.17) is 0 Å². The van der Waals surface area contributed by atoms with Gasteiger partial charge in [0.1, 0.15) is 5.82 Å². The fraction of sp³-hybridized carbons (Fsp3) is 0.214. The summed E-state index contributed by atoms with van der Waals surface area (Å²) in [5, 5.41) is 11.7. The molecule has 0 aliphatic carbocycles. The number of pyridine rings is 1. The fourth-order valence-corrected chi connectivity index (χ4v) is 2.18. The topological polar surface area (TPSA) is 55.6 Å². The van der Waals surface area contributed by atoms with Gasteiger partial charge in [0.25, 0.3) is 0 Å². The molecule has 2 aromatic heterocycles. The summed E-state index contributed by atoms with van der Waals surface area (Å²) >= 11 is 0. The highest BCUT2D eigenvalue weighted by Crippen LogP contribution is 2.20. The number of halogens is 1. The Kier molecular flexibility index (Phi) is 3.39. The Morgan fingerprint density at radius 3 is 3.05 bits per heavy atom. The van der Waals surface area contributed by atoms with Crippen molar-refractivity contribution >= 4 is 10.9 Å². The quantitative estimate of drug-likeness (QED) is 0.785. The van der Waals surface area contributed by atoms with Crippen molar-refractivity contribution < 1.29 is 4.39 Å². The molecular formula is C14H14FN5. The third kappa shape index (κ3) is 2.37. The smallest absolute Gasteiger partial charge is 0.132 e. The van der Waals surface area contributed by atoms with Gasteiger partial charge in [0, 0.05) is 23.7 Å². The Hall–Kier alpha value is -2.34. The lowest BCUT2D eigenvalue weighted by Crippen LogP contribution is -2.05. The molecule has 1 aromatic carbocycles. The van der Waals surface area contributed by atoms with Crippen LogP contribution in [0.4, 0.5) is 4.39 Å². The number of hydrogen-bond donors (Lipinski definition) is 1. The van der Waals surface area contributed by atoms with Gasteiger partial charge in [-0.15, -0.1) is 5.10 Å². The van der Waals surface area contributed by atoms with E-state index in [-0.39, 0.29) is 5.82 Å². The van der Waals surface area contributed by atoms with Crippen LogP contribution in [0.3, 0.4) is 0 Å². The molecule has 102 valence electrons. The number of fused-ring (bicyclic) bond motifs is 1. The summed E-state index contributed by atoms with van der Waals surface area (Å²) in [4.78, 5) is 4.27. The Balaban J connectivity index is 1.96. The first-order valence-electron chi connectivity index (χ1n) is 6.33. The molecule has 0 radical (unpaired) electrons. The molecule has 3 aromatic rings. The number of nitrogens with one attached hydrogen (secondary N) is 1. The molecule has 6 heteroatoms. The maximum absolute atomic E-state index is 13.7. The van der Waals surface area contributed by atoms with Crippen molar-refractivity contribution in [1.82, 2.24) is 25.3 Å². The zero-order chi connectivity index (χ0) is 13.9. The third-order valence-corrected chi connectivity index (χ3v) is 3.08. The van der Waals surface area contributed by atoms with Crippen molar-refractivity contribution in [2.24, 2.45) is 0 Å². The highest BCUT2D eigenvalue weighted by Gasteiger charge is 2.08. The summed E-state index contributed by atoms with van der Waals surface area (Å²) in [5.74, 6) is -0.258. The SMILES string of the molecule is CNCc1cn(Cc2ccc(F)c3cccnc23)nn1. The molecule has 0 aliphatic heterocycles. The Morgan fingerprint density at radius 1 is 1.30 bits per heavy atom. The van der Waals surface area contributed by atoms with Crippen molar-refractivity contribution in [3.05, 3.63) is 53.7 Å². The predicted octanol–water partition coefficient (Wildman–Crippen LogP) is 1.73. The maximum atomic E-state index is 13.7. The number of nitrogens with zero attached hydrogens (tertiary/aromatic N) is 4. The number of rotatable bonds is 4. The zero-order valence-electron chi connectivity index (χ0n) is 11.0. The van der Waals surface area contributed by atoms with Gasteiger partial charge < -0.3 is 5.32 Å². The van der Waals surface area contributed by atoms with E-state index in [1.54, 1.807) is 29.1 Å². The standard InChI is InChI=1S/C14H14FN5/c1-16-7-11-9-20(19-18-11)8-10-4-5-13(15)12-3-2-6-17-14(10)12/h2-6,9,16H,7-8H2,1H3. The van der Waals surface area contributed by atoms with E-state index in [2.05, 4.69) is 20.6 Å². The monoisotopic (exact) mass is 271 g/mol. The molecule has 0 fully saturated rings. The highest BCUT2D eigenvalue weighted by molar-refractivity contribution is 5.82. The van der Waals surface area contributed by atoms with Crippen LogP contribution in [0.1, 0.15) is 11.3 Å². The summed E-state index contributed by atoms with van der Waals surface area (Å²) in [7, 11) is 1.86. The van der Waals surface area contributed by atoms with Gasteiger partial charge in [-0.05, 0) is 25.2 Å². The van der Waals surface area contributed by atoms with Gasteiger partial charge in [-0.1, -0.05) is 11.3 Å². The van der Waals surface area contributed by atoms with Crippen LogP contribution in [0.5, 0.6) is 0 Å². The third-order valence-electron chi connectivity index (χ3n) is 3.08. The van der Waals surface area contributed by atoms with E-state index < -0.39 is 0 Å². The van der Waals surface area contributed by atoms with Crippen molar-refractivity contribution in [2.45, 2.75) is 13.1 Å². The summed E-state index contributed by atoms with van der Waals surface area (Å²) in [6.07, 6.45) is 3.54. The van der Waals surface area contributed by atoms with Gasteiger partial charge in [-0.2, -0.15) is 0 Å². The van der Waals surface area contributed by atoms with Crippen LogP contribution >= 0.6 is 0 Å². The lowest BCUT2D eigenvalue weighted by molar-refractivity contribution is 0.633. The molecule has 0 aliphatic rings. The van der Waals surface area contributed by atoms with E-state index in [9.17, 15) is 4.39 Å². The van der Waals surface area contributed by atoms with Gasteiger partial charge >= 0.3 is 0 Å². The minimum atomic E-state index is -0.258. The average molecular weight is 271 g/mol. The van der Waals surface area contributed by atoms with Gasteiger partial charge in [0.05, 0.1) is 24.0 Å². The second kappa shape index (κ2) is 5.34. The van der Waals surface area contributed by atoms with Gasteiger partial charge in [0.2, 0.25) is 0 Å². The summed E-state index contributed by atoms with van der Waals surface area (Å²) in [5.41, 5.74) is 2.45. The first kappa shape index (κ1) is 12.7. The minimum Gasteiger partial charge on any atom is -0.314 e. The van der Waals surface area contributed by atoms with Crippen LogP contribution in [-0.2, 0) is 13.1 Å². The van der Waals surface area contributed by atoms with E-state index in [0.29, 0.717) is 24.0 Å². The van der Waals surface area contributed by atoms with Gasteiger partial charge in [-0.3, -0.25) is 4.98 Å². The Morgan fingerprint density at radius 2 is 2.20 bits per heavy atom. The molecule has 0 spiro atoms. The Bertz CT molecular complexity index is 737. The molecule has 2 heterocycles. The molecule has 3 rings (SSSR count). The number of aromatic nitrogens is 4. The second-order valence-corrected chi connectivity index (χ2v) is 4.54. The summed E-state index contributed by atoms with van der Waals surface area (Å²) in [6, 6.07) is 6.67. The van der Waals surface area contributed by atoms with Crippen LogP contribution < -0.4 is 5.32 Å². The molecule has 0 bridgehead atoms. The lowest BCUT2D eigenvalue weighted by Gasteiger charge is -2.06. The van der Waals surface area contributed by atoms with Crippen LogP contribution in [-0.4, -0.2) is 27.0 Å². The van der Waals surface area contributed by atoms with Crippen molar-refractivity contribution in [1.29, 1.82) is 0 Å². The molecular weight excluding hydrogens is 257 g/mol. The van der Waals surface area contributed by atoms with E-state index in [1.807, 2.05) is 13.2 Å². The summed E-state index contributed by atoms with van der Waals surface area (Å²) in [6.45, 7) is 1.19. The zero-order valence-corrected chi connectivity index (χ0v) is 11.0. The number of benzene rings is 1. The largest absolute Gasteiger partial charge is 0.314 e. The number of hydrogen-bond acceptors (Lipinski definition) is 4. The molecule has 0 saturated heterocycles. The normalized spacial score (nSPS) is 11.1.